The molecule has 9 nitrogen and oxygen atoms in total. The van der Waals surface area contributed by atoms with E-state index in [-0.39, 0.29) is 30.7 Å². The number of benzene rings is 1. The molecule has 3 aromatic rings. The van der Waals surface area contributed by atoms with Crippen LogP contribution in [0.3, 0.4) is 0 Å². The minimum atomic E-state index is -0.262. The number of hydrogen-bond donors (Lipinski definition) is 1. The van der Waals surface area contributed by atoms with Crippen molar-refractivity contribution in [1.29, 1.82) is 0 Å². The quantitative estimate of drug-likeness (QED) is 0.598. The lowest BCUT2D eigenvalue weighted by Crippen LogP contribution is -2.50. The summed E-state index contributed by atoms with van der Waals surface area (Å²) >= 11 is 1.53. The third kappa shape index (κ3) is 4.58. The van der Waals surface area contributed by atoms with Crippen LogP contribution in [0.25, 0.3) is 0 Å². The van der Waals surface area contributed by atoms with E-state index in [9.17, 15) is 14.4 Å². The Morgan fingerprint density at radius 2 is 1.94 bits per heavy atom. The first kappa shape index (κ1) is 22.3. The lowest BCUT2D eigenvalue weighted by Gasteiger charge is -2.29. The first-order valence-electron chi connectivity index (χ1n) is 11.3. The summed E-state index contributed by atoms with van der Waals surface area (Å²) in [6.45, 7) is 4.24. The van der Waals surface area contributed by atoms with Crippen LogP contribution in [0.1, 0.15) is 38.0 Å². The van der Waals surface area contributed by atoms with E-state index in [2.05, 4.69) is 10.3 Å². The van der Waals surface area contributed by atoms with Gasteiger partial charge in [-0.2, -0.15) is 5.10 Å². The van der Waals surface area contributed by atoms with Crippen LogP contribution >= 0.6 is 11.3 Å². The standard InChI is InChI=1S/C24H26N6O3S/c1-16-26-18(15-34-16)11-22(32)28-9-7-20-19(13-28)23(24(33)29-10-8-25-21(31)14-29)27-30(20)12-17-5-3-2-4-6-17/h2-6,15H,7-14H2,1H3,(H,25,31). The second-order valence-electron chi connectivity index (χ2n) is 8.59. The van der Waals surface area contributed by atoms with Crippen molar-refractivity contribution in [2.75, 3.05) is 26.2 Å². The van der Waals surface area contributed by atoms with Crippen molar-refractivity contribution in [2.24, 2.45) is 0 Å². The summed E-state index contributed by atoms with van der Waals surface area (Å²) in [5, 5.41) is 10.3. The molecule has 0 bridgehead atoms. The van der Waals surface area contributed by atoms with Crippen molar-refractivity contribution >= 4 is 29.1 Å². The SMILES string of the molecule is Cc1nc(CC(=O)N2CCc3c(c(C(=O)N4CCNC(=O)C4)nn3Cc3ccccc3)C2)cs1. The van der Waals surface area contributed by atoms with Crippen LogP contribution < -0.4 is 5.32 Å². The predicted octanol–water partition coefficient (Wildman–Crippen LogP) is 1.40. The summed E-state index contributed by atoms with van der Waals surface area (Å²) in [6.07, 6.45) is 0.859. The highest BCUT2D eigenvalue weighted by Crippen LogP contribution is 2.26. The van der Waals surface area contributed by atoms with E-state index in [0.717, 1.165) is 27.5 Å². The van der Waals surface area contributed by atoms with Gasteiger partial charge in [-0.15, -0.1) is 11.3 Å². The highest BCUT2D eigenvalue weighted by atomic mass is 32.1. The highest BCUT2D eigenvalue weighted by Gasteiger charge is 2.33. The summed E-state index contributed by atoms with van der Waals surface area (Å²) in [4.78, 5) is 46.0. The van der Waals surface area contributed by atoms with Crippen LogP contribution in [0.15, 0.2) is 35.7 Å². The number of amides is 3. The van der Waals surface area contributed by atoms with Gasteiger partial charge in [0.05, 0.1) is 30.2 Å². The van der Waals surface area contributed by atoms with Crippen molar-refractivity contribution in [3.8, 4) is 0 Å². The van der Waals surface area contributed by atoms with Crippen LogP contribution in [-0.2, 0) is 35.5 Å². The molecule has 1 N–H and O–H groups in total. The molecule has 1 fully saturated rings. The Bertz CT molecular complexity index is 1230. The van der Waals surface area contributed by atoms with Crippen LogP contribution in [0.5, 0.6) is 0 Å². The maximum absolute atomic E-state index is 13.4. The Morgan fingerprint density at radius 3 is 2.68 bits per heavy atom. The summed E-state index contributed by atoms with van der Waals surface area (Å²) < 4.78 is 1.88. The molecule has 10 heteroatoms. The van der Waals surface area contributed by atoms with Crippen LogP contribution in [-0.4, -0.2) is 68.5 Å². The topological polar surface area (TPSA) is 100 Å². The van der Waals surface area contributed by atoms with Crippen molar-refractivity contribution in [3.63, 3.8) is 0 Å². The zero-order valence-electron chi connectivity index (χ0n) is 19.0. The Morgan fingerprint density at radius 1 is 1.12 bits per heavy atom. The predicted molar refractivity (Wildman–Crippen MR) is 126 cm³/mol. The molecule has 0 radical (unpaired) electrons. The van der Waals surface area contributed by atoms with Gasteiger partial charge in [-0.3, -0.25) is 19.1 Å². The van der Waals surface area contributed by atoms with Gasteiger partial charge in [0.15, 0.2) is 5.69 Å². The minimum absolute atomic E-state index is 0.0116. The molecule has 1 aromatic carbocycles. The molecule has 3 amide bonds. The molecule has 0 aliphatic carbocycles. The molecule has 34 heavy (non-hydrogen) atoms. The fourth-order valence-corrected chi connectivity index (χ4v) is 5.09. The average molecular weight is 479 g/mol. The van der Waals surface area contributed by atoms with Crippen molar-refractivity contribution in [3.05, 3.63) is 68.9 Å². The fraction of sp³-hybridized carbons (Fsp3) is 0.375. The van der Waals surface area contributed by atoms with Gasteiger partial charge in [0.1, 0.15) is 0 Å². The average Bonchev–Trinajstić information content (AvgIpc) is 3.42. The van der Waals surface area contributed by atoms with E-state index in [1.165, 1.54) is 16.2 Å². The minimum Gasteiger partial charge on any atom is -0.353 e. The number of carbonyl (C=O) groups is 3. The maximum Gasteiger partial charge on any atom is 0.275 e. The molecular weight excluding hydrogens is 452 g/mol. The van der Waals surface area contributed by atoms with Gasteiger partial charge in [-0.05, 0) is 12.5 Å². The van der Waals surface area contributed by atoms with Gasteiger partial charge in [0, 0.05) is 49.2 Å². The number of fused-ring (bicyclic) bond motifs is 1. The number of hydrogen-bond acceptors (Lipinski definition) is 6. The summed E-state index contributed by atoms with van der Waals surface area (Å²) in [6, 6.07) is 9.97. The number of nitrogens with one attached hydrogen (secondary N) is 1. The smallest absolute Gasteiger partial charge is 0.275 e. The third-order valence-corrected chi connectivity index (χ3v) is 7.01. The van der Waals surface area contributed by atoms with Crippen LogP contribution in [0.4, 0.5) is 0 Å². The van der Waals surface area contributed by atoms with E-state index >= 15 is 0 Å². The molecule has 2 aliphatic heterocycles. The number of piperazine rings is 1. The number of aromatic nitrogens is 3. The highest BCUT2D eigenvalue weighted by molar-refractivity contribution is 7.09. The molecule has 0 saturated carbocycles. The monoisotopic (exact) mass is 478 g/mol. The lowest BCUT2D eigenvalue weighted by atomic mass is 10.0. The van der Waals surface area contributed by atoms with Gasteiger partial charge < -0.3 is 15.1 Å². The van der Waals surface area contributed by atoms with Crippen LogP contribution in [0.2, 0.25) is 0 Å². The first-order chi connectivity index (χ1) is 16.5. The molecule has 0 unspecified atom stereocenters. The number of thiazole rings is 1. The zero-order chi connectivity index (χ0) is 23.7. The van der Waals surface area contributed by atoms with E-state index < -0.39 is 0 Å². The normalized spacial score (nSPS) is 15.7. The lowest BCUT2D eigenvalue weighted by molar-refractivity contribution is -0.131. The number of nitrogens with zero attached hydrogens (tertiary/aromatic N) is 5. The van der Waals surface area contributed by atoms with Gasteiger partial charge >= 0.3 is 0 Å². The van der Waals surface area contributed by atoms with Gasteiger partial charge in [-0.1, -0.05) is 30.3 Å². The third-order valence-electron chi connectivity index (χ3n) is 6.19. The molecule has 5 rings (SSSR count). The van der Waals surface area contributed by atoms with Crippen molar-refractivity contribution < 1.29 is 14.4 Å². The Kier molecular flexibility index (Phi) is 6.14. The summed E-state index contributed by atoms with van der Waals surface area (Å²) in [5.41, 5.74) is 3.95. The molecule has 2 aromatic heterocycles. The van der Waals surface area contributed by atoms with Gasteiger partial charge in [-0.25, -0.2) is 4.98 Å². The fourth-order valence-electron chi connectivity index (χ4n) is 4.48. The largest absolute Gasteiger partial charge is 0.353 e. The van der Waals surface area contributed by atoms with E-state index in [0.29, 0.717) is 44.8 Å². The van der Waals surface area contributed by atoms with Crippen molar-refractivity contribution in [1.82, 2.24) is 29.9 Å². The molecule has 1 saturated heterocycles. The molecule has 0 spiro atoms. The number of rotatable bonds is 5. The van der Waals surface area contributed by atoms with Crippen molar-refractivity contribution in [2.45, 2.75) is 32.9 Å². The number of aryl methyl sites for hydroxylation is 1. The summed E-state index contributed by atoms with van der Waals surface area (Å²) in [7, 11) is 0. The zero-order valence-corrected chi connectivity index (χ0v) is 19.8. The molecule has 4 heterocycles. The van der Waals surface area contributed by atoms with E-state index in [1.54, 1.807) is 4.90 Å². The Hall–Kier alpha value is -3.53. The first-order valence-corrected chi connectivity index (χ1v) is 12.2. The maximum atomic E-state index is 13.4. The second kappa shape index (κ2) is 9.38. The van der Waals surface area contributed by atoms with Crippen LogP contribution in [0, 0.1) is 6.92 Å². The Labute approximate surface area is 201 Å². The molecule has 0 atom stereocenters. The second-order valence-corrected chi connectivity index (χ2v) is 9.66. The molecule has 2 aliphatic rings. The van der Waals surface area contributed by atoms with E-state index in [4.69, 9.17) is 5.10 Å². The van der Waals surface area contributed by atoms with E-state index in [1.807, 2.05) is 47.3 Å². The molecule has 176 valence electrons. The summed E-state index contributed by atoms with van der Waals surface area (Å²) in [5.74, 6) is -0.447. The Balaban J connectivity index is 1.43. The van der Waals surface area contributed by atoms with Gasteiger partial charge in [0.2, 0.25) is 11.8 Å². The molecular formula is C24H26N6O3S. The van der Waals surface area contributed by atoms with Gasteiger partial charge in [0.25, 0.3) is 5.91 Å². The number of carbonyl (C=O) groups excluding carboxylic acids is 3.